The number of anilines is 1. The van der Waals surface area contributed by atoms with Crippen molar-refractivity contribution in [3.8, 4) is 0 Å². The second-order valence-corrected chi connectivity index (χ2v) is 5.24. The molecule has 1 aliphatic heterocycles. The van der Waals surface area contributed by atoms with Crippen LogP contribution in [0.2, 0.25) is 0 Å². The maximum absolute atomic E-state index is 12.2. The number of carbonyl (C=O) groups excluding carboxylic acids is 2. The monoisotopic (exact) mass is 276 g/mol. The molecule has 1 atom stereocenters. The van der Waals surface area contributed by atoms with Crippen LogP contribution >= 0.6 is 0 Å². The Labute approximate surface area is 118 Å². The van der Waals surface area contributed by atoms with Gasteiger partial charge >= 0.3 is 5.97 Å². The summed E-state index contributed by atoms with van der Waals surface area (Å²) >= 11 is 0. The zero-order valence-corrected chi connectivity index (χ0v) is 11.9. The van der Waals surface area contributed by atoms with E-state index in [-0.39, 0.29) is 17.3 Å². The Bertz CT molecular complexity index is 490. The molecule has 0 aliphatic carbocycles. The van der Waals surface area contributed by atoms with Crippen molar-refractivity contribution in [1.29, 1.82) is 0 Å². The molecule has 1 aromatic rings. The van der Waals surface area contributed by atoms with Gasteiger partial charge in [0, 0.05) is 12.2 Å². The zero-order chi connectivity index (χ0) is 14.6. The van der Waals surface area contributed by atoms with Crippen LogP contribution in [0.5, 0.6) is 0 Å². The lowest BCUT2D eigenvalue weighted by atomic mass is 9.89. The van der Waals surface area contributed by atoms with Gasteiger partial charge in [0.05, 0.1) is 17.6 Å². The van der Waals surface area contributed by atoms with Gasteiger partial charge in [-0.3, -0.25) is 4.79 Å². The molecule has 5 nitrogen and oxygen atoms in total. The fourth-order valence-electron chi connectivity index (χ4n) is 2.20. The van der Waals surface area contributed by atoms with E-state index >= 15 is 0 Å². The minimum atomic E-state index is -0.361. The SMILES string of the molecule is CCOC(=O)c1ccc(NC(=O)C2(C)CCNC2)cc1. The summed E-state index contributed by atoms with van der Waals surface area (Å²) in [5, 5.41) is 6.09. The topological polar surface area (TPSA) is 67.4 Å². The van der Waals surface area contributed by atoms with E-state index in [9.17, 15) is 9.59 Å². The average Bonchev–Trinajstić information content (AvgIpc) is 2.88. The summed E-state index contributed by atoms with van der Waals surface area (Å²) in [5.74, 6) is -0.344. The molecule has 1 saturated heterocycles. The van der Waals surface area contributed by atoms with Gasteiger partial charge in [0.1, 0.15) is 0 Å². The summed E-state index contributed by atoms with van der Waals surface area (Å²) in [5.41, 5.74) is 0.814. The third-order valence-electron chi connectivity index (χ3n) is 3.57. The van der Waals surface area contributed by atoms with Gasteiger partial charge in [0.2, 0.25) is 5.91 Å². The van der Waals surface area contributed by atoms with Crippen molar-refractivity contribution in [2.24, 2.45) is 5.41 Å². The Kier molecular flexibility index (Phi) is 4.39. The number of ether oxygens (including phenoxy) is 1. The molecule has 0 aromatic heterocycles. The molecule has 1 amide bonds. The first-order valence-corrected chi connectivity index (χ1v) is 6.84. The van der Waals surface area contributed by atoms with Gasteiger partial charge in [-0.25, -0.2) is 4.79 Å². The maximum Gasteiger partial charge on any atom is 0.338 e. The standard InChI is InChI=1S/C15H20N2O3/c1-3-20-13(18)11-4-6-12(7-5-11)17-14(19)15(2)8-9-16-10-15/h4-7,16H,3,8-10H2,1-2H3,(H,17,19). The van der Waals surface area contributed by atoms with Crippen LogP contribution in [-0.2, 0) is 9.53 Å². The number of hydrogen-bond donors (Lipinski definition) is 2. The lowest BCUT2D eigenvalue weighted by Gasteiger charge is -2.21. The average molecular weight is 276 g/mol. The smallest absolute Gasteiger partial charge is 0.338 e. The van der Waals surface area contributed by atoms with Gasteiger partial charge in [0.15, 0.2) is 0 Å². The van der Waals surface area contributed by atoms with Gasteiger partial charge < -0.3 is 15.4 Å². The summed E-state index contributed by atoms with van der Waals surface area (Å²) in [7, 11) is 0. The van der Waals surface area contributed by atoms with E-state index in [1.165, 1.54) is 0 Å². The molecule has 0 spiro atoms. The van der Waals surface area contributed by atoms with E-state index in [0.29, 0.717) is 24.4 Å². The molecule has 0 bridgehead atoms. The summed E-state index contributed by atoms with van der Waals surface area (Å²) in [6, 6.07) is 6.75. The van der Waals surface area contributed by atoms with Crippen LogP contribution in [0.3, 0.4) is 0 Å². The summed E-state index contributed by atoms with van der Waals surface area (Å²) in [6.07, 6.45) is 0.833. The number of nitrogens with one attached hydrogen (secondary N) is 2. The predicted octanol–water partition coefficient (Wildman–Crippen LogP) is 1.80. The molecule has 1 aromatic carbocycles. The summed E-state index contributed by atoms with van der Waals surface area (Å²) < 4.78 is 4.91. The quantitative estimate of drug-likeness (QED) is 0.823. The lowest BCUT2D eigenvalue weighted by Crippen LogP contribution is -2.35. The fourth-order valence-corrected chi connectivity index (χ4v) is 2.20. The van der Waals surface area contributed by atoms with Crippen LogP contribution in [0.1, 0.15) is 30.6 Å². The van der Waals surface area contributed by atoms with Crippen molar-refractivity contribution in [2.75, 3.05) is 25.0 Å². The fraction of sp³-hybridized carbons (Fsp3) is 0.467. The molecule has 20 heavy (non-hydrogen) atoms. The normalized spacial score (nSPS) is 21.5. The molecule has 0 saturated carbocycles. The number of carbonyl (C=O) groups is 2. The minimum Gasteiger partial charge on any atom is -0.462 e. The second-order valence-electron chi connectivity index (χ2n) is 5.24. The van der Waals surface area contributed by atoms with Crippen LogP contribution in [0.15, 0.2) is 24.3 Å². The molecule has 108 valence electrons. The van der Waals surface area contributed by atoms with Gasteiger partial charge in [0.25, 0.3) is 0 Å². The first-order valence-electron chi connectivity index (χ1n) is 6.84. The van der Waals surface area contributed by atoms with Crippen molar-refractivity contribution < 1.29 is 14.3 Å². The highest BCUT2D eigenvalue weighted by Gasteiger charge is 2.36. The third-order valence-corrected chi connectivity index (χ3v) is 3.57. The van der Waals surface area contributed by atoms with Crippen LogP contribution in [0.4, 0.5) is 5.69 Å². The number of benzene rings is 1. The van der Waals surface area contributed by atoms with Crippen molar-refractivity contribution in [1.82, 2.24) is 5.32 Å². The second kappa shape index (κ2) is 6.05. The maximum atomic E-state index is 12.2. The Hall–Kier alpha value is -1.88. The van der Waals surface area contributed by atoms with E-state index in [0.717, 1.165) is 13.0 Å². The molecular weight excluding hydrogens is 256 g/mol. The Morgan fingerprint density at radius 2 is 2.05 bits per heavy atom. The van der Waals surface area contributed by atoms with Crippen molar-refractivity contribution in [2.45, 2.75) is 20.3 Å². The number of rotatable bonds is 4. The molecule has 1 heterocycles. The lowest BCUT2D eigenvalue weighted by molar-refractivity contribution is -0.123. The largest absolute Gasteiger partial charge is 0.462 e. The number of esters is 1. The van der Waals surface area contributed by atoms with E-state index in [1.54, 1.807) is 31.2 Å². The van der Waals surface area contributed by atoms with Crippen LogP contribution in [-0.4, -0.2) is 31.6 Å². The van der Waals surface area contributed by atoms with E-state index in [2.05, 4.69) is 10.6 Å². The number of amides is 1. The Morgan fingerprint density at radius 1 is 1.35 bits per heavy atom. The molecule has 1 unspecified atom stereocenters. The van der Waals surface area contributed by atoms with Crippen LogP contribution in [0, 0.1) is 5.41 Å². The summed E-state index contributed by atoms with van der Waals surface area (Å²) in [4.78, 5) is 23.7. The van der Waals surface area contributed by atoms with E-state index in [1.807, 2.05) is 6.92 Å². The van der Waals surface area contributed by atoms with Crippen LogP contribution in [0.25, 0.3) is 0 Å². The van der Waals surface area contributed by atoms with Gasteiger partial charge in [-0.1, -0.05) is 0 Å². The number of hydrogen-bond acceptors (Lipinski definition) is 4. The molecule has 1 fully saturated rings. The summed E-state index contributed by atoms with van der Waals surface area (Å²) in [6.45, 7) is 5.63. The molecule has 2 N–H and O–H groups in total. The van der Waals surface area contributed by atoms with Crippen molar-refractivity contribution in [3.05, 3.63) is 29.8 Å². The predicted molar refractivity (Wildman–Crippen MR) is 76.6 cm³/mol. The zero-order valence-electron chi connectivity index (χ0n) is 11.9. The Balaban J connectivity index is 2.00. The highest BCUT2D eigenvalue weighted by Crippen LogP contribution is 2.26. The highest BCUT2D eigenvalue weighted by atomic mass is 16.5. The minimum absolute atomic E-state index is 0.00591. The molecule has 2 rings (SSSR count). The first-order chi connectivity index (χ1) is 9.55. The molecule has 5 heteroatoms. The first kappa shape index (κ1) is 14.5. The molecular formula is C15H20N2O3. The van der Waals surface area contributed by atoms with Crippen LogP contribution < -0.4 is 10.6 Å². The highest BCUT2D eigenvalue weighted by molar-refractivity contribution is 5.96. The van der Waals surface area contributed by atoms with Crippen molar-refractivity contribution in [3.63, 3.8) is 0 Å². The molecule has 1 aliphatic rings. The van der Waals surface area contributed by atoms with Gasteiger partial charge in [-0.2, -0.15) is 0 Å². The van der Waals surface area contributed by atoms with E-state index < -0.39 is 0 Å². The van der Waals surface area contributed by atoms with Gasteiger partial charge in [-0.15, -0.1) is 0 Å². The van der Waals surface area contributed by atoms with E-state index in [4.69, 9.17) is 4.74 Å². The Morgan fingerprint density at radius 3 is 2.60 bits per heavy atom. The van der Waals surface area contributed by atoms with Gasteiger partial charge in [-0.05, 0) is 51.1 Å². The molecule has 0 radical (unpaired) electrons. The van der Waals surface area contributed by atoms with Crippen molar-refractivity contribution >= 4 is 17.6 Å². The third kappa shape index (κ3) is 3.17.